The van der Waals surface area contributed by atoms with E-state index in [2.05, 4.69) is 68.4 Å². The van der Waals surface area contributed by atoms with E-state index in [1.54, 1.807) is 0 Å². The number of rotatable bonds is 14. The molecule has 5 atom stereocenters. The molecule has 0 bridgehead atoms. The quantitative estimate of drug-likeness (QED) is 0.149. The summed E-state index contributed by atoms with van der Waals surface area (Å²) in [6, 6.07) is 20.5. The van der Waals surface area contributed by atoms with Crippen LogP contribution in [0.5, 0.6) is 0 Å². The first kappa shape index (κ1) is 46.7. The van der Waals surface area contributed by atoms with Gasteiger partial charge in [0, 0.05) is 43.6 Å². The number of allylic oxidation sites excluding steroid dienone is 1. The first-order valence-electron chi connectivity index (χ1n) is 25.4. The third-order valence-electron chi connectivity index (χ3n) is 16.6. The molecular weight excluding hydrogens is 837 g/mol. The third-order valence-corrected chi connectivity index (χ3v) is 16.6. The molecule has 2 saturated heterocycles. The summed E-state index contributed by atoms with van der Waals surface area (Å²) in [7, 11) is 2.78. The molecular formula is C57H70N4O6. The van der Waals surface area contributed by atoms with Crippen molar-refractivity contribution in [2.24, 2.45) is 39.1 Å². The van der Waals surface area contributed by atoms with Gasteiger partial charge in [-0.25, -0.2) is 0 Å². The van der Waals surface area contributed by atoms with Gasteiger partial charge in [0.25, 0.3) is 0 Å². The molecule has 0 aromatic heterocycles. The van der Waals surface area contributed by atoms with Crippen LogP contribution in [0.3, 0.4) is 0 Å². The van der Waals surface area contributed by atoms with E-state index in [1.807, 2.05) is 29.8 Å². The average Bonchev–Trinajstić information content (AvgIpc) is 4.21. The van der Waals surface area contributed by atoms with Crippen molar-refractivity contribution in [1.82, 2.24) is 9.80 Å². The zero-order valence-electron chi connectivity index (χ0n) is 40.7. The van der Waals surface area contributed by atoms with E-state index in [0.29, 0.717) is 24.9 Å². The summed E-state index contributed by atoms with van der Waals surface area (Å²) < 4.78 is 9.94. The van der Waals surface area contributed by atoms with E-state index in [0.717, 1.165) is 74.0 Å². The SMILES string of the molecule is CCC(C)[C@H](CC(=O)OC)C(=O)N1CCC[C@H]1C1=Nc2ccc(-c3ccc(-c4ccc(C5=CN=C([C@@H]6CCCN6C(=O)[C@@H](CC(=O)OC)C(C)C)C5)cc4)c4c3CC3(CCCCC3)C4)cc2C1. The lowest BCUT2D eigenvalue weighted by atomic mass is 9.72. The summed E-state index contributed by atoms with van der Waals surface area (Å²) in [5, 5.41) is 0. The Bertz CT molecular complexity index is 2490. The van der Waals surface area contributed by atoms with Crippen LogP contribution in [0, 0.1) is 29.1 Å². The Kier molecular flexibility index (Phi) is 13.7. The van der Waals surface area contributed by atoms with E-state index in [-0.39, 0.29) is 60.5 Å². The second kappa shape index (κ2) is 19.7. The molecule has 3 aromatic carbocycles. The molecule has 10 heteroatoms. The number of amides is 2. The number of carbonyl (C=O) groups excluding carboxylic acids is 4. The number of nitrogens with zero attached hydrogens (tertiary/aromatic N) is 4. The Morgan fingerprint density at radius 3 is 1.87 bits per heavy atom. The second-order valence-electron chi connectivity index (χ2n) is 21.0. The number of carbonyl (C=O) groups is 4. The first-order valence-corrected chi connectivity index (χ1v) is 25.4. The fraction of sp³-hybridized carbons (Fsp3) is 0.544. The molecule has 2 amide bonds. The van der Waals surface area contributed by atoms with Crippen molar-refractivity contribution in [3.63, 3.8) is 0 Å². The van der Waals surface area contributed by atoms with Crippen LogP contribution in [-0.4, -0.2) is 84.4 Å². The average molecular weight is 907 g/mol. The van der Waals surface area contributed by atoms with Gasteiger partial charge < -0.3 is 19.3 Å². The predicted octanol–water partition coefficient (Wildman–Crippen LogP) is 10.9. The number of aliphatic imine (C=N–C) groups is 2. The highest BCUT2D eigenvalue weighted by Gasteiger charge is 2.43. The van der Waals surface area contributed by atoms with Gasteiger partial charge in [0.15, 0.2) is 0 Å². The highest BCUT2D eigenvalue weighted by Crippen LogP contribution is 2.52. The van der Waals surface area contributed by atoms with Gasteiger partial charge in [-0.2, -0.15) is 0 Å². The highest BCUT2D eigenvalue weighted by molar-refractivity contribution is 6.04. The van der Waals surface area contributed by atoms with Gasteiger partial charge in [0.1, 0.15) is 0 Å². The number of fused-ring (bicyclic) bond motifs is 2. The van der Waals surface area contributed by atoms with Crippen molar-refractivity contribution >= 4 is 46.4 Å². The maximum atomic E-state index is 14.1. The fourth-order valence-electron chi connectivity index (χ4n) is 12.5. The molecule has 0 radical (unpaired) electrons. The number of ether oxygens (including phenoxy) is 2. The normalized spacial score (nSPS) is 22.0. The largest absolute Gasteiger partial charge is 0.469 e. The van der Waals surface area contributed by atoms with Crippen LogP contribution in [0.25, 0.3) is 27.8 Å². The van der Waals surface area contributed by atoms with Gasteiger partial charge in [0.2, 0.25) is 11.8 Å². The number of methoxy groups -OCH3 is 2. The molecule has 1 saturated carbocycles. The number of hydrogen-bond donors (Lipinski definition) is 0. The molecule has 4 heterocycles. The first-order chi connectivity index (χ1) is 32.4. The summed E-state index contributed by atoms with van der Waals surface area (Å²) in [6.07, 6.45) is 16.8. The molecule has 4 aliphatic heterocycles. The van der Waals surface area contributed by atoms with Gasteiger partial charge in [-0.05, 0) is 131 Å². The van der Waals surface area contributed by atoms with E-state index in [9.17, 15) is 19.2 Å². The molecule has 67 heavy (non-hydrogen) atoms. The summed E-state index contributed by atoms with van der Waals surface area (Å²) in [4.78, 5) is 66.6. The van der Waals surface area contributed by atoms with E-state index in [1.165, 1.54) is 90.8 Å². The summed E-state index contributed by atoms with van der Waals surface area (Å²) in [5.41, 5.74) is 15.1. The summed E-state index contributed by atoms with van der Waals surface area (Å²) >= 11 is 0. The van der Waals surface area contributed by atoms with Crippen LogP contribution in [0.1, 0.15) is 133 Å². The number of esters is 2. The molecule has 1 unspecified atom stereocenters. The van der Waals surface area contributed by atoms with Crippen LogP contribution in [0.15, 0.2) is 70.8 Å². The lowest BCUT2D eigenvalue weighted by Gasteiger charge is -2.33. The van der Waals surface area contributed by atoms with Crippen LogP contribution < -0.4 is 0 Å². The van der Waals surface area contributed by atoms with Gasteiger partial charge in [-0.15, -0.1) is 0 Å². The van der Waals surface area contributed by atoms with Crippen LogP contribution in [0.2, 0.25) is 0 Å². The maximum Gasteiger partial charge on any atom is 0.306 e. The Balaban J connectivity index is 0.922. The highest BCUT2D eigenvalue weighted by atomic mass is 16.5. The molecule has 3 fully saturated rings. The Hall–Kier alpha value is -5.38. The van der Waals surface area contributed by atoms with Crippen LogP contribution in [0.4, 0.5) is 5.69 Å². The van der Waals surface area contributed by atoms with E-state index in [4.69, 9.17) is 19.5 Å². The van der Waals surface area contributed by atoms with Crippen LogP contribution >= 0.6 is 0 Å². The van der Waals surface area contributed by atoms with Gasteiger partial charge in [0.05, 0.1) is 56.7 Å². The summed E-state index contributed by atoms with van der Waals surface area (Å²) in [6.45, 7) is 9.52. The Morgan fingerprint density at radius 2 is 1.25 bits per heavy atom. The topological polar surface area (TPSA) is 118 Å². The minimum absolute atomic E-state index is 0.0300. The monoisotopic (exact) mass is 907 g/mol. The smallest absolute Gasteiger partial charge is 0.306 e. The Morgan fingerprint density at radius 1 is 0.687 bits per heavy atom. The standard InChI is InChI=1S/C57H70N4O6/c1-7-36(4)45(31-54(63)67-6)56(65)61-26-12-14-52(61)50-28-40-27-39(19-22-48(40)59-50)43-21-20-42(46-32-57(33-47(43)46)23-9-8-10-24-57)38-17-15-37(16-18-38)41-29-49(58-34-41)51-13-11-25-60(51)55(64)44(35(2)3)30-53(62)66-5/h15-22,27,34-36,44-45,51-52H,7-14,23-26,28-33H2,1-6H3/t36?,44-,45-,51-,52-/m0/s1. The maximum absolute atomic E-state index is 14.1. The van der Waals surface area contributed by atoms with Crippen molar-refractivity contribution in [3.05, 3.63) is 83.1 Å². The number of benzene rings is 3. The molecule has 9 rings (SSSR count). The van der Waals surface area contributed by atoms with Crippen molar-refractivity contribution in [3.8, 4) is 22.3 Å². The van der Waals surface area contributed by atoms with Crippen LogP contribution in [-0.2, 0) is 47.9 Å². The molecule has 3 aromatic rings. The minimum Gasteiger partial charge on any atom is -0.469 e. The minimum atomic E-state index is -0.405. The predicted molar refractivity (Wildman–Crippen MR) is 265 cm³/mol. The van der Waals surface area contributed by atoms with Gasteiger partial charge >= 0.3 is 11.9 Å². The van der Waals surface area contributed by atoms with Crippen molar-refractivity contribution < 1.29 is 28.7 Å². The number of likely N-dealkylation sites (tertiary alicyclic amines) is 2. The Labute approximate surface area is 397 Å². The molecule has 0 N–H and O–H groups in total. The molecule has 10 nitrogen and oxygen atoms in total. The second-order valence-corrected chi connectivity index (χ2v) is 21.0. The zero-order chi connectivity index (χ0) is 47.0. The fourth-order valence-corrected chi connectivity index (χ4v) is 12.5. The third kappa shape index (κ3) is 9.31. The lowest BCUT2D eigenvalue weighted by molar-refractivity contribution is -0.148. The van der Waals surface area contributed by atoms with Gasteiger partial charge in [-0.3, -0.25) is 29.2 Å². The molecule has 1 spiro atoms. The van der Waals surface area contributed by atoms with E-state index < -0.39 is 11.8 Å². The zero-order valence-corrected chi connectivity index (χ0v) is 40.7. The summed E-state index contributed by atoms with van der Waals surface area (Å²) in [5.74, 6) is -1.28. The van der Waals surface area contributed by atoms with E-state index >= 15 is 0 Å². The molecule has 354 valence electrons. The molecule has 6 aliphatic rings. The number of hydrogen-bond acceptors (Lipinski definition) is 8. The molecule has 2 aliphatic carbocycles. The van der Waals surface area contributed by atoms with Crippen molar-refractivity contribution in [2.75, 3.05) is 27.3 Å². The van der Waals surface area contributed by atoms with Crippen molar-refractivity contribution in [2.45, 2.75) is 143 Å². The van der Waals surface area contributed by atoms with Gasteiger partial charge in [-0.1, -0.05) is 95.8 Å². The van der Waals surface area contributed by atoms with Crippen molar-refractivity contribution in [1.29, 1.82) is 0 Å². The lowest BCUT2D eigenvalue weighted by Crippen LogP contribution is -2.45.